The normalized spacial score (nSPS) is 23.9. The number of ether oxygens (including phenoxy) is 1. The zero-order valence-corrected chi connectivity index (χ0v) is 16.8. The highest BCUT2D eigenvalue weighted by Gasteiger charge is 2.46. The fraction of sp³-hybridized carbons (Fsp3) is 0.429. The van der Waals surface area contributed by atoms with Gasteiger partial charge in [0.05, 0.1) is 12.6 Å². The first kappa shape index (κ1) is 19.4. The zero-order chi connectivity index (χ0) is 19.6. The van der Waals surface area contributed by atoms with E-state index in [-0.39, 0.29) is 12.6 Å². The maximum absolute atomic E-state index is 13.1. The summed E-state index contributed by atoms with van der Waals surface area (Å²) in [6, 6.07) is 17.3. The van der Waals surface area contributed by atoms with Gasteiger partial charge < -0.3 is 4.74 Å². The minimum absolute atomic E-state index is 0.187. The van der Waals surface area contributed by atoms with Gasteiger partial charge in [0.2, 0.25) is 10.0 Å². The third-order valence-corrected chi connectivity index (χ3v) is 7.71. The number of nitrogens with zero attached hydrogens (tertiary/aromatic N) is 2. The van der Waals surface area contributed by atoms with Crippen molar-refractivity contribution in [3.63, 3.8) is 0 Å². The molecule has 2 atom stereocenters. The molecule has 0 spiro atoms. The molecular formula is C21H26N2O4S. The SMILES string of the molecule is CN1OC[C@H](S(=O)(=O)N2CCCC2)[C@H]1c1ccc(OCc2ccccc2)cc1. The van der Waals surface area contributed by atoms with Crippen LogP contribution in [0.1, 0.15) is 30.0 Å². The van der Waals surface area contributed by atoms with E-state index in [0.29, 0.717) is 19.7 Å². The number of benzene rings is 2. The summed E-state index contributed by atoms with van der Waals surface area (Å²) in [6.07, 6.45) is 1.86. The van der Waals surface area contributed by atoms with Crippen molar-refractivity contribution in [2.75, 3.05) is 26.7 Å². The van der Waals surface area contributed by atoms with Crippen molar-refractivity contribution in [3.05, 3.63) is 65.7 Å². The molecule has 2 aliphatic heterocycles. The molecule has 0 aromatic heterocycles. The molecular weight excluding hydrogens is 376 g/mol. The molecule has 7 heteroatoms. The number of sulfonamides is 1. The number of hydrogen-bond donors (Lipinski definition) is 0. The molecule has 0 unspecified atom stereocenters. The number of rotatable bonds is 6. The summed E-state index contributed by atoms with van der Waals surface area (Å²) >= 11 is 0. The van der Waals surface area contributed by atoms with Gasteiger partial charge in [0, 0.05) is 20.1 Å². The predicted octanol–water partition coefficient (Wildman–Crippen LogP) is 2.98. The molecule has 2 aromatic carbocycles. The Balaban J connectivity index is 1.48. The molecule has 150 valence electrons. The number of hydroxylamine groups is 2. The molecule has 28 heavy (non-hydrogen) atoms. The van der Waals surface area contributed by atoms with Crippen LogP contribution in [0.3, 0.4) is 0 Å². The maximum Gasteiger partial charge on any atom is 0.221 e. The van der Waals surface area contributed by atoms with E-state index in [9.17, 15) is 8.42 Å². The lowest BCUT2D eigenvalue weighted by Gasteiger charge is -2.26. The van der Waals surface area contributed by atoms with Crippen molar-refractivity contribution in [2.45, 2.75) is 30.7 Å². The lowest BCUT2D eigenvalue weighted by atomic mass is 10.0. The molecule has 0 saturated carbocycles. The maximum atomic E-state index is 13.1. The van der Waals surface area contributed by atoms with Crippen LogP contribution in [0.5, 0.6) is 5.75 Å². The van der Waals surface area contributed by atoms with E-state index in [1.807, 2.05) is 54.6 Å². The summed E-state index contributed by atoms with van der Waals surface area (Å²) in [7, 11) is -1.59. The van der Waals surface area contributed by atoms with E-state index in [0.717, 1.165) is 29.7 Å². The second-order valence-corrected chi connectivity index (χ2v) is 9.47. The molecule has 2 aliphatic rings. The van der Waals surface area contributed by atoms with Crippen LogP contribution in [0.2, 0.25) is 0 Å². The van der Waals surface area contributed by atoms with Crippen molar-refractivity contribution in [3.8, 4) is 5.75 Å². The predicted molar refractivity (Wildman–Crippen MR) is 107 cm³/mol. The second-order valence-electron chi connectivity index (χ2n) is 7.32. The fourth-order valence-electron chi connectivity index (χ4n) is 3.91. The molecule has 0 aliphatic carbocycles. The van der Waals surface area contributed by atoms with E-state index < -0.39 is 15.3 Å². The van der Waals surface area contributed by atoms with Crippen molar-refractivity contribution in [1.29, 1.82) is 0 Å². The van der Waals surface area contributed by atoms with Gasteiger partial charge >= 0.3 is 0 Å². The van der Waals surface area contributed by atoms with E-state index in [1.165, 1.54) is 0 Å². The van der Waals surface area contributed by atoms with Crippen LogP contribution < -0.4 is 4.74 Å². The molecule has 6 nitrogen and oxygen atoms in total. The van der Waals surface area contributed by atoms with Crippen LogP contribution in [0.15, 0.2) is 54.6 Å². The lowest BCUT2D eigenvalue weighted by molar-refractivity contribution is -0.110. The highest BCUT2D eigenvalue weighted by Crippen LogP contribution is 2.36. The first-order valence-electron chi connectivity index (χ1n) is 9.67. The van der Waals surface area contributed by atoms with Crippen LogP contribution >= 0.6 is 0 Å². The van der Waals surface area contributed by atoms with Crippen LogP contribution in [-0.4, -0.2) is 49.8 Å². The first-order chi connectivity index (χ1) is 13.6. The average Bonchev–Trinajstić information content (AvgIpc) is 3.38. The van der Waals surface area contributed by atoms with Gasteiger partial charge in [-0.2, -0.15) is 5.06 Å². The van der Waals surface area contributed by atoms with E-state index in [4.69, 9.17) is 9.57 Å². The quantitative estimate of drug-likeness (QED) is 0.744. The van der Waals surface area contributed by atoms with Crippen molar-refractivity contribution in [1.82, 2.24) is 9.37 Å². The Morgan fingerprint density at radius 3 is 2.39 bits per heavy atom. The third kappa shape index (κ3) is 3.93. The van der Waals surface area contributed by atoms with Crippen LogP contribution in [0.25, 0.3) is 0 Å². The molecule has 2 saturated heterocycles. The molecule has 2 aromatic rings. The van der Waals surface area contributed by atoms with Crippen LogP contribution in [-0.2, 0) is 21.5 Å². The molecule has 0 amide bonds. The van der Waals surface area contributed by atoms with Gasteiger partial charge in [-0.15, -0.1) is 0 Å². The lowest BCUT2D eigenvalue weighted by Crippen LogP contribution is -2.41. The summed E-state index contributed by atoms with van der Waals surface area (Å²) in [5.41, 5.74) is 2.02. The van der Waals surface area contributed by atoms with Gasteiger partial charge in [-0.25, -0.2) is 12.7 Å². The van der Waals surface area contributed by atoms with E-state index in [2.05, 4.69) is 0 Å². The fourth-order valence-corrected chi connectivity index (χ4v) is 5.94. The molecule has 0 radical (unpaired) electrons. The molecule has 2 heterocycles. The monoisotopic (exact) mass is 402 g/mol. The highest BCUT2D eigenvalue weighted by atomic mass is 32.2. The molecule has 2 fully saturated rings. The first-order valence-corrected chi connectivity index (χ1v) is 11.2. The summed E-state index contributed by atoms with van der Waals surface area (Å²) in [4.78, 5) is 5.61. The van der Waals surface area contributed by atoms with Gasteiger partial charge in [-0.1, -0.05) is 42.5 Å². The highest BCUT2D eigenvalue weighted by molar-refractivity contribution is 7.89. The largest absolute Gasteiger partial charge is 0.489 e. The Labute approximate surface area is 166 Å². The Kier molecular flexibility index (Phi) is 5.68. The van der Waals surface area contributed by atoms with E-state index >= 15 is 0 Å². The summed E-state index contributed by atoms with van der Waals surface area (Å²) in [5, 5.41) is 1.07. The summed E-state index contributed by atoms with van der Waals surface area (Å²) in [6.45, 7) is 1.91. The Morgan fingerprint density at radius 2 is 1.71 bits per heavy atom. The number of hydrogen-bond acceptors (Lipinski definition) is 5. The zero-order valence-electron chi connectivity index (χ0n) is 16.0. The molecule has 4 rings (SSSR count). The summed E-state index contributed by atoms with van der Waals surface area (Å²) in [5.74, 6) is 0.758. The second kappa shape index (κ2) is 8.21. The average molecular weight is 403 g/mol. The van der Waals surface area contributed by atoms with Gasteiger partial charge in [0.25, 0.3) is 0 Å². The van der Waals surface area contributed by atoms with Crippen molar-refractivity contribution < 1.29 is 18.0 Å². The molecule has 0 bridgehead atoms. The van der Waals surface area contributed by atoms with Gasteiger partial charge in [0.15, 0.2) is 0 Å². The van der Waals surface area contributed by atoms with Gasteiger partial charge in [-0.3, -0.25) is 4.84 Å². The molecule has 0 N–H and O–H groups in total. The standard InChI is InChI=1S/C21H26N2O4S/c1-22-21(20(16-27-22)28(24,25)23-13-5-6-14-23)18-9-11-19(12-10-18)26-15-17-7-3-2-4-8-17/h2-4,7-12,20-21H,5-6,13-16H2,1H3/t20-,21+/m0/s1. The Morgan fingerprint density at radius 1 is 1.04 bits per heavy atom. The van der Waals surface area contributed by atoms with Gasteiger partial charge in [-0.05, 0) is 36.1 Å². The minimum Gasteiger partial charge on any atom is -0.489 e. The topological polar surface area (TPSA) is 59.1 Å². The van der Waals surface area contributed by atoms with Crippen LogP contribution in [0.4, 0.5) is 0 Å². The van der Waals surface area contributed by atoms with Crippen molar-refractivity contribution >= 4 is 10.0 Å². The summed E-state index contributed by atoms with van der Waals surface area (Å²) < 4.78 is 33.6. The Hall–Kier alpha value is -1.93. The third-order valence-electron chi connectivity index (χ3n) is 5.46. The smallest absolute Gasteiger partial charge is 0.221 e. The minimum atomic E-state index is -3.39. The van der Waals surface area contributed by atoms with E-state index in [1.54, 1.807) is 16.4 Å². The van der Waals surface area contributed by atoms with Gasteiger partial charge in [0.1, 0.15) is 17.6 Å². The van der Waals surface area contributed by atoms with Crippen LogP contribution in [0, 0.1) is 0 Å². The Bertz CT molecular complexity index is 880. The van der Waals surface area contributed by atoms with Crippen molar-refractivity contribution in [2.24, 2.45) is 0 Å².